The van der Waals surface area contributed by atoms with Crippen molar-refractivity contribution in [1.82, 2.24) is 4.90 Å². The third-order valence-corrected chi connectivity index (χ3v) is 4.17. The lowest BCUT2D eigenvalue weighted by atomic mass is 10.3. The van der Waals surface area contributed by atoms with Crippen molar-refractivity contribution in [1.29, 1.82) is 0 Å². The molecule has 0 saturated heterocycles. The Morgan fingerprint density at radius 3 is 2.82 bits per heavy atom. The number of ether oxygens (including phenoxy) is 1. The molecule has 0 N–H and O–H groups in total. The van der Waals surface area contributed by atoms with E-state index in [1.54, 1.807) is 29.4 Å². The van der Waals surface area contributed by atoms with Gasteiger partial charge >= 0.3 is 0 Å². The predicted molar refractivity (Wildman–Crippen MR) is 84.1 cm³/mol. The molecule has 0 aliphatic carbocycles. The molecule has 2 rings (SSSR count). The fourth-order valence-electron chi connectivity index (χ4n) is 1.81. The molecular formula is C15H16N2O4S. The maximum atomic E-state index is 12.0. The van der Waals surface area contributed by atoms with Crippen LogP contribution < -0.4 is 4.74 Å². The van der Waals surface area contributed by atoms with Crippen LogP contribution in [0.3, 0.4) is 0 Å². The van der Waals surface area contributed by atoms with Gasteiger partial charge in [-0.3, -0.25) is 14.9 Å². The summed E-state index contributed by atoms with van der Waals surface area (Å²) < 4.78 is 5.34. The Morgan fingerprint density at radius 2 is 2.18 bits per heavy atom. The average Bonchev–Trinajstić information content (AvgIpc) is 2.90. The van der Waals surface area contributed by atoms with Crippen LogP contribution >= 0.6 is 11.3 Å². The van der Waals surface area contributed by atoms with Crippen LogP contribution in [0.4, 0.5) is 5.69 Å². The zero-order valence-electron chi connectivity index (χ0n) is 12.3. The molecule has 1 amide bonds. The summed E-state index contributed by atoms with van der Waals surface area (Å²) in [5.74, 6) is 0.127. The van der Waals surface area contributed by atoms with E-state index in [0.29, 0.717) is 12.3 Å². The summed E-state index contributed by atoms with van der Waals surface area (Å²) in [6, 6.07) is 7.80. The molecule has 0 fully saturated rings. The summed E-state index contributed by atoms with van der Waals surface area (Å²) in [4.78, 5) is 24.9. The SMILES string of the molecule is Cc1ccsc1CN(C)C(=O)COc1cccc([N+](=O)[O-])c1. The second-order valence-electron chi connectivity index (χ2n) is 4.82. The molecule has 0 saturated carbocycles. The van der Waals surface area contributed by atoms with E-state index in [-0.39, 0.29) is 18.2 Å². The Hall–Kier alpha value is -2.41. The minimum atomic E-state index is -0.500. The number of hydrogen-bond donors (Lipinski definition) is 0. The molecule has 22 heavy (non-hydrogen) atoms. The zero-order chi connectivity index (χ0) is 16.1. The Balaban J connectivity index is 1.91. The third-order valence-electron chi connectivity index (χ3n) is 3.17. The summed E-state index contributed by atoms with van der Waals surface area (Å²) >= 11 is 1.61. The molecule has 0 radical (unpaired) electrons. The smallest absolute Gasteiger partial charge is 0.273 e. The number of hydrogen-bond acceptors (Lipinski definition) is 5. The zero-order valence-corrected chi connectivity index (χ0v) is 13.1. The summed E-state index contributed by atoms with van der Waals surface area (Å²) in [6.07, 6.45) is 0. The van der Waals surface area contributed by atoms with Crippen LogP contribution in [0.2, 0.25) is 0 Å². The number of thiophene rings is 1. The average molecular weight is 320 g/mol. The first-order valence-corrected chi connectivity index (χ1v) is 7.49. The number of nitrogens with zero attached hydrogens (tertiary/aromatic N) is 2. The summed E-state index contributed by atoms with van der Waals surface area (Å²) in [5, 5.41) is 12.7. The van der Waals surface area contributed by atoms with Gasteiger partial charge in [0, 0.05) is 18.0 Å². The van der Waals surface area contributed by atoms with Gasteiger partial charge < -0.3 is 9.64 Å². The molecule has 1 aromatic carbocycles. The Kier molecular flexibility index (Phi) is 5.11. The van der Waals surface area contributed by atoms with Crippen LogP contribution in [-0.2, 0) is 11.3 Å². The highest BCUT2D eigenvalue weighted by Crippen LogP contribution is 2.20. The number of nitro benzene ring substituents is 1. The highest BCUT2D eigenvalue weighted by Gasteiger charge is 2.13. The van der Waals surface area contributed by atoms with Crippen molar-refractivity contribution in [3.8, 4) is 5.75 Å². The van der Waals surface area contributed by atoms with E-state index in [1.807, 2.05) is 18.4 Å². The number of likely N-dealkylation sites (N-methyl/N-ethyl adjacent to an activating group) is 1. The number of carbonyl (C=O) groups is 1. The first kappa shape index (κ1) is 16.0. The molecule has 1 aromatic heterocycles. The number of aryl methyl sites for hydroxylation is 1. The largest absolute Gasteiger partial charge is 0.484 e. The van der Waals surface area contributed by atoms with E-state index in [4.69, 9.17) is 4.74 Å². The highest BCUT2D eigenvalue weighted by atomic mass is 32.1. The number of amides is 1. The molecule has 0 aliphatic heterocycles. The van der Waals surface area contributed by atoms with Crippen molar-refractivity contribution >= 4 is 22.9 Å². The lowest BCUT2D eigenvalue weighted by Crippen LogP contribution is -2.30. The maximum Gasteiger partial charge on any atom is 0.273 e. The molecule has 7 heteroatoms. The van der Waals surface area contributed by atoms with E-state index in [0.717, 1.165) is 10.4 Å². The van der Waals surface area contributed by atoms with E-state index in [1.165, 1.54) is 18.2 Å². The van der Waals surface area contributed by atoms with Crippen molar-refractivity contribution in [3.05, 3.63) is 56.3 Å². The predicted octanol–water partition coefficient (Wildman–Crippen LogP) is 3.00. The van der Waals surface area contributed by atoms with Crippen molar-refractivity contribution in [2.24, 2.45) is 0 Å². The van der Waals surface area contributed by atoms with Gasteiger partial charge in [-0.2, -0.15) is 0 Å². The first-order chi connectivity index (χ1) is 10.5. The molecule has 0 bridgehead atoms. The summed E-state index contributed by atoms with van der Waals surface area (Å²) in [7, 11) is 1.71. The van der Waals surface area contributed by atoms with Crippen molar-refractivity contribution < 1.29 is 14.5 Å². The minimum absolute atomic E-state index is 0.0625. The molecule has 0 atom stereocenters. The van der Waals surface area contributed by atoms with Gasteiger partial charge in [0.1, 0.15) is 5.75 Å². The Labute approximate surface area is 132 Å². The second kappa shape index (κ2) is 7.04. The van der Waals surface area contributed by atoms with Crippen LogP contribution in [0.15, 0.2) is 35.7 Å². The Morgan fingerprint density at radius 1 is 1.41 bits per heavy atom. The highest BCUT2D eigenvalue weighted by molar-refractivity contribution is 7.10. The fourth-order valence-corrected chi connectivity index (χ4v) is 2.77. The number of non-ortho nitro benzene ring substituents is 1. The van der Waals surface area contributed by atoms with Crippen LogP contribution in [0, 0.1) is 17.0 Å². The van der Waals surface area contributed by atoms with E-state index in [2.05, 4.69) is 0 Å². The van der Waals surface area contributed by atoms with E-state index in [9.17, 15) is 14.9 Å². The molecular weight excluding hydrogens is 304 g/mol. The Bertz CT molecular complexity index is 684. The fraction of sp³-hybridized carbons (Fsp3) is 0.267. The molecule has 0 unspecified atom stereocenters. The number of carbonyl (C=O) groups excluding carboxylic acids is 1. The van der Waals surface area contributed by atoms with Gasteiger partial charge in [-0.1, -0.05) is 6.07 Å². The number of nitro groups is 1. The molecule has 6 nitrogen and oxygen atoms in total. The second-order valence-corrected chi connectivity index (χ2v) is 5.82. The van der Waals surface area contributed by atoms with Crippen LogP contribution in [-0.4, -0.2) is 29.4 Å². The maximum absolute atomic E-state index is 12.0. The quantitative estimate of drug-likeness (QED) is 0.606. The van der Waals surface area contributed by atoms with Gasteiger partial charge in [-0.15, -0.1) is 11.3 Å². The van der Waals surface area contributed by atoms with E-state index < -0.39 is 4.92 Å². The monoisotopic (exact) mass is 320 g/mol. The topological polar surface area (TPSA) is 72.7 Å². The van der Waals surface area contributed by atoms with Crippen molar-refractivity contribution in [2.75, 3.05) is 13.7 Å². The van der Waals surface area contributed by atoms with E-state index >= 15 is 0 Å². The van der Waals surface area contributed by atoms with Gasteiger partial charge in [0.25, 0.3) is 11.6 Å². The first-order valence-electron chi connectivity index (χ1n) is 6.61. The van der Waals surface area contributed by atoms with Crippen molar-refractivity contribution in [2.45, 2.75) is 13.5 Å². The van der Waals surface area contributed by atoms with Crippen molar-refractivity contribution in [3.63, 3.8) is 0 Å². The van der Waals surface area contributed by atoms with Gasteiger partial charge in [0.2, 0.25) is 0 Å². The number of rotatable bonds is 6. The molecule has 2 aromatic rings. The van der Waals surface area contributed by atoms with Crippen LogP contribution in [0.1, 0.15) is 10.4 Å². The summed E-state index contributed by atoms with van der Waals surface area (Å²) in [6.45, 7) is 2.38. The van der Waals surface area contributed by atoms with Crippen LogP contribution in [0.5, 0.6) is 5.75 Å². The molecule has 0 aliphatic rings. The third kappa shape index (κ3) is 4.05. The summed E-state index contributed by atoms with van der Waals surface area (Å²) in [5.41, 5.74) is 1.09. The lowest BCUT2D eigenvalue weighted by molar-refractivity contribution is -0.384. The van der Waals surface area contributed by atoms with Gasteiger partial charge in [0.05, 0.1) is 17.5 Å². The molecule has 1 heterocycles. The van der Waals surface area contributed by atoms with Crippen LogP contribution in [0.25, 0.3) is 0 Å². The standard InChI is InChI=1S/C15H16N2O4S/c1-11-6-7-22-14(11)9-16(2)15(18)10-21-13-5-3-4-12(8-13)17(19)20/h3-8H,9-10H2,1-2H3. The molecule has 116 valence electrons. The lowest BCUT2D eigenvalue weighted by Gasteiger charge is -2.17. The normalized spacial score (nSPS) is 10.3. The number of benzene rings is 1. The minimum Gasteiger partial charge on any atom is -0.484 e. The van der Waals surface area contributed by atoms with Gasteiger partial charge in [-0.05, 0) is 30.0 Å². The molecule has 0 spiro atoms. The van der Waals surface area contributed by atoms with Gasteiger partial charge in [-0.25, -0.2) is 0 Å². The van der Waals surface area contributed by atoms with Gasteiger partial charge in [0.15, 0.2) is 6.61 Å².